The Kier molecular flexibility index (Phi) is 3.73. The van der Waals surface area contributed by atoms with E-state index in [1.54, 1.807) is 0 Å². The number of hydrogen-bond acceptors (Lipinski definition) is 1. The van der Waals surface area contributed by atoms with Crippen molar-refractivity contribution >= 4 is 27.7 Å². The molecule has 62 valence electrons. The van der Waals surface area contributed by atoms with Gasteiger partial charge in [-0.05, 0) is 39.6 Å². The molecule has 0 spiro atoms. The minimum Gasteiger partial charge on any atom is -0.0876 e. The Labute approximate surface area is 81.3 Å². The number of allylic oxidation sites excluding steroid dienone is 3. The van der Waals surface area contributed by atoms with E-state index in [0.717, 1.165) is 12.8 Å². The molecule has 0 aliphatic carbocycles. The fourth-order valence-electron chi connectivity index (χ4n) is 1.05. The minimum atomic E-state index is 0.701. The lowest BCUT2D eigenvalue weighted by Crippen LogP contribution is -1.85. The highest BCUT2D eigenvalue weighted by atomic mass is 79.9. The first-order valence-corrected chi connectivity index (χ1v) is 5.57. The van der Waals surface area contributed by atoms with Gasteiger partial charge < -0.3 is 0 Å². The second-order valence-electron chi connectivity index (χ2n) is 2.81. The fourth-order valence-corrected chi connectivity index (χ4v) is 2.74. The molecule has 1 atom stereocenters. The minimum absolute atomic E-state index is 0.701. The number of thioether (sulfide) groups is 1. The molecular formula is C9H13BrS. The second-order valence-corrected chi connectivity index (χ2v) is 5.36. The summed E-state index contributed by atoms with van der Waals surface area (Å²) in [6.45, 7) is 4.47. The fraction of sp³-hybridized carbons (Fsp3) is 0.556. The van der Waals surface area contributed by atoms with Crippen molar-refractivity contribution in [1.29, 1.82) is 0 Å². The molecule has 1 aliphatic rings. The molecule has 0 fully saturated rings. The van der Waals surface area contributed by atoms with Crippen molar-refractivity contribution in [1.82, 2.24) is 0 Å². The largest absolute Gasteiger partial charge is 0.0876 e. The average Bonchev–Trinajstić information content (AvgIpc) is 2.13. The van der Waals surface area contributed by atoms with Gasteiger partial charge in [0.1, 0.15) is 0 Å². The van der Waals surface area contributed by atoms with Crippen LogP contribution in [0.25, 0.3) is 0 Å². The van der Waals surface area contributed by atoms with Crippen LogP contribution in [0.1, 0.15) is 26.7 Å². The number of halogens is 1. The molecule has 0 amide bonds. The molecule has 11 heavy (non-hydrogen) atoms. The van der Waals surface area contributed by atoms with Gasteiger partial charge in [0.25, 0.3) is 0 Å². The van der Waals surface area contributed by atoms with E-state index < -0.39 is 0 Å². The molecule has 1 rings (SSSR count). The Bertz CT molecular complexity index is 194. The first-order chi connectivity index (χ1) is 5.22. The van der Waals surface area contributed by atoms with Crippen LogP contribution in [0, 0.1) is 5.92 Å². The maximum Gasteiger partial charge on any atom is 0.0508 e. The van der Waals surface area contributed by atoms with E-state index >= 15 is 0 Å². The van der Waals surface area contributed by atoms with Gasteiger partial charge in [-0.2, -0.15) is 0 Å². The third kappa shape index (κ3) is 3.04. The summed E-state index contributed by atoms with van der Waals surface area (Å²) in [5.74, 6) is 0.701. The Morgan fingerprint density at radius 1 is 1.73 bits per heavy atom. The molecule has 0 radical (unpaired) electrons. The van der Waals surface area contributed by atoms with Crippen molar-refractivity contribution in [2.45, 2.75) is 26.7 Å². The van der Waals surface area contributed by atoms with Crippen molar-refractivity contribution < 1.29 is 0 Å². The Hall–Kier alpha value is 0.310. The predicted molar refractivity (Wildman–Crippen MR) is 56.8 cm³/mol. The van der Waals surface area contributed by atoms with Gasteiger partial charge in [-0.1, -0.05) is 37.8 Å². The topological polar surface area (TPSA) is 0 Å². The number of rotatable bonds is 1. The predicted octanol–water partition coefficient (Wildman–Crippen LogP) is 4.29. The molecular weight excluding hydrogens is 220 g/mol. The van der Waals surface area contributed by atoms with Crippen molar-refractivity contribution in [2.75, 3.05) is 0 Å². The van der Waals surface area contributed by atoms with E-state index in [1.165, 1.54) is 8.72 Å². The molecule has 0 aromatic heterocycles. The van der Waals surface area contributed by atoms with E-state index in [-0.39, 0.29) is 0 Å². The summed E-state index contributed by atoms with van der Waals surface area (Å²) >= 11 is 5.38. The first-order valence-electron chi connectivity index (χ1n) is 3.96. The zero-order valence-electron chi connectivity index (χ0n) is 6.93. The Morgan fingerprint density at radius 2 is 2.45 bits per heavy atom. The van der Waals surface area contributed by atoms with Crippen molar-refractivity contribution in [3.63, 3.8) is 0 Å². The lowest BCUT2D eigenvalue weighted by atomic mass is 10.1. The summed E-state index contributed by atoms with van der Waals surface area (Å²) in [5.41, 5.74) is 0. The summed E-state index contributed by atoms with van der Waals surface area (Å²) in [4.78, 5) is 1.48. The SMILES string of the molecule is CCC1=CC(C)CC=C(Br)S1. The van der Waals surface area contributed by atoms with Crippen LogP contribution < -0.4 is 0 Å². The number of hydrogen-bond donors (Lipinski definition) is 0. The van der Waals surface area contributed by atoms with Gasteiger partial charge in [0.2, 0.25) is 0 Å². The van der Waals surface area contributed by atoms with Crippen LogP contribution in [-0.4, -0.2) is 0 Å². The molecule has 0 bridgehead atoms. The first kappa shape index (κ1) is 9.40. The third-order valence-electron chi connectivity index (χ3n) is 1.70. The quantitative estimate of drug-likeness (QED) is 0.651. The van der Waals surface area contributed by atoms with Gasteiger partial charge in [-0.25, -0.2) is 0 Å². The summed E-state index contributed by atoms with van der Waals surface area (Å²) in [7, 11) is 0. The second kappa shape index (κ2) is 4.36. The Balaban J connectivity index is 2.71. The molecule has 0 aromatic rings. The van der Waals surface area contributed by atoms with Gasteiger partial charge in [0, 0.05) is 0 Å². The Morgan fingerprint density at radius 3 is 3.09 bits per heavy atom. The third-order valence-corrected chi connectivity index (χ3v) is 3.56. The normalized spacial score (nSPS) is 25.5. The van der Waals surface area contributed by atoms with Gasteiger partial charge in [0.05, 0.1) is 3.81 Å². The average molecular weight is 233 g/mol. The molecule has 1 heterocycles. The van der Waals surface area contributed by atoms with Crippen molar-refractivity contribution in [2.24, 2.45) is 5.92 Å². The van der Waals surface area contributed by atoms with E-state index in [1.807, 2.05) is 11.8 Å². The highest BCUT2D eigenvalue weighted by Gasteiger charge is 2.06. The lowest BCUT2D eigenvalue weighted by molar-refractivity contribution is 0.741. The van der Waals surface area contributed by atoms with Gasteiger partial charge in [-0.15, -0.1) is 0 Å². The van der Waals surface area contributed by atoms with Gasteiger partial charge >= 0.3 is 0 Å². The summed E-state index contributed by atoms with van der Waals surface area (Å²) in [5, 5.41) is 0. The molecule has 0 saturated carbocycles. The van der Waals surface area contributed by atoms with Crippen LogP contribution in [0.2, 0.25) is 0 Å². The highest BCUT2D eigenvalue weighted by molar-refractivity contribution is 9.14. The van der Waals surface area contributed by atoms with Crippen LogP contribution in [0.3, 0.4) is 0 Å². The van der Waals surface area contributed by atoms with Crippen LogP contribution in [0.15, 0.2) is 20.9 Å². The zero-order chi connectivity index (χ0) is 8.27. The smallest absolute Gasteiger partial charge is 0.0508 e. The van der Waals surface area contributed by atoms with E-state index in [0.29, 0.717) is 5.92 Å². The summed E-state index contributed by atoms with van der Waals surface area (Å²) in [6.07, 6.45) is 6.94. The van der Waals surface area contributed by atoms with Crippen LogP contribution in [0.5, 0.6) is 0 Å². The zero-order valence-corrected chi connectivity index (χ0v) is 9.33. The van der Waals surface area contributed by atoms with Crippen LogP contribution >= 0.6 is 27.7 Å². The van der Waals surface area contributed by atoms with Crippen molar-refractivity contribution in [3.8, 4) is 0 Å². The standard InChI is InChI=1S/C9H13BrS/c1-3-8-6-7(2)4-5-9(10)11-8/h5-7H,3-4H2,1-2H3. The molecule has 0 N–H and O–H groups in total. The summed E-state index contributed by atoms with van der Waals surface area (Å²) in [6, 6.07) is 0. The maximum atomic E-state index is 3.53. The van der Waals surface area contributed by atoms with E-state index in [2.05, 4.69) is 41.9 Å². The van der Waals surface area contributed by atoms with Crippen molar-refractivity contribution in [3.05, 3.63) is 20.9 Å². The molecule has 0 saturated heterocycles. The van der Waals surface area contributed by atoms with Crippen LogP contribution in [-0.2, 0) is 0 Å². The van der Waals surface area contributed by atoms with Crippen LogP contribution in [0.4, 0.5) is 0 Å². The molecule has 0 nitrogen and oxygen atoms in total. The molecule has 1 unspecified atom stereocenters. The molecule has 2 heteroatoms. The lowest BCUT2D eigenvalue weighted by Gasteiger charge is -2.01. The van der Waals surface area contributed by atoms with E-state index in [4.69, 9.17) is 0 Å². The van der Waals surface area contributed by atoms with Gasteiger partial charge in [-0.3, -0.25) is 0 Å². The maximum absolute atomic E-state index is 3.53. The van der Waals surface area contributed by atoms with E-state index in [9.17, 15) is 0 Å². The molecule has 1 aliphatic heterocycles. The van der Waals surface area contributed by atoms with Gasteiger partial charge in [0.15, 0.2) is 0 Å². The highest BCUT2D eigenvalue weighted by Crippen LogP contribution is 2.36. The monoisotopic (exact) mass is 232 g/mol. The summed E-state index contributed by atoms with van der Waals surface area (Å²) < 4.78 is 1.27. The molecule has 0 aromatic carbocycles.